The highest BCUT2D eigenvalue weighted by Crippen LogP contribution is 2.13. The van der Waals surface area contributed by atoms with Crippen LogP contribution in [0.2, 0.25) is 0 Å². The standard InChI is InChI=1S/C15H23NO2/c1-4-5-6-7-12(2)16-14-10-8-13(9-11-14)15(17)18-3/h8-12,16H,4-7H2,1-3H3. The van der Waals surface area contributed by atoms with Gasteiger partial charge in [-0.2, -0.15) is 0 Å². The monoisotopic (exact) mass is 249 g/mol. The Morgan fingerprint density at radius 3 is 2.50 bits per heavy atom. The number of unbranched alkanes of at least 4 members (excludes halogenated alkanes) is 2. The molecule has 1 aromatic rings. The number of nitrogens with one attached hydrogen (secondary N) is 1. The van der Waals surface area contributed by atoms with Crippen molar-refractivity contribution in [3.8, 4) is 0 Å². The molecule has 0 amide bonds. The van der Waals surface area contributed by atoms with E-state index in [-0.39, 0.29) is 5.97 Å². The Morgan fingerprint density at radius 2 is 1.94 bits per heavy atom. The zero-order chi connectivity index (χ0) is 13.4. The zero-order valence-electron chi connectivity index (χ0n) is 11.5. The number of carbonyl (C=O) groups is 1. The fourth-order valence-corrected chi connectivity index (χ4v) is 1.88. The Hall–Kier alpha value is -1.51. The average Bonchev–Trinajstić information content (AvgIpc) is 2.39. The molecule has 0 aliphatic rings. The molecule has 1 atom stereocenters. The van der Waals surface area contributed by atoms with Crippen LogP contribution in [0.25, 0.3) is 0 Å². The molecule has 0 spiro atoms. The first kappa shape index (κ1) is 14.6. The van der Waals surface area contributed by atoms with E-state index in [9.17, 15) is 4.79 Å². The van der Waals surface area contributed by atoms with Gasteiger partial charge in [-0.3, -0.25) is 0 Å². The molecule has 0 fully saturated rings. The van der Waals surface area contributed by atoms with Crippen molar-refractivity contribution in [2.24, 2.45) is 0 Å². The van der Waals surface area contributed by atoms with Gasteiger partial charge in [0.05, 0.1) is 12.7 Å². The van der Waals surface area contributed by atoms with Crippen molar-refractivity contribution in [2.75, 3.05) is 12.4 Å². The van der Waals surface area contributed by atoms with Crippen molar-refractivity contribution >= 4 is 11.7 Å². The molecule has 0 saturated heterocycles. The summed E-state index contributed by atoms with van der Waals surface area (Å²) in [7, 11) is 1.39. The molecule has 0 aliphatic carbocycles. The van der Waals surface area contributed by atoms with Gasteiger partial charge in [0.2, 0.25) is 0 Å². The highest BCUT2D eigenvalue weighted by molar-refractivity contribution is 5.89. The number of anilines is 1. The van der Waals surface area contributed by atoms with Crippen LogP contribution in [0.4, 0.5) is 5.69 Å². The molecular formula is C15H23NO2. The maximum absolute atomic E-state index is 11.3. The molecule has 1 rings (SSSR count). The fourth-order valence-electron chi connectivity index (χ4n) is 1.88. The van der Waals surface area contributed by atoms with E-state index in [1.54, 1.807) is 12.1 Å². The molecule has 100 valence electrons. The number of ether oxygens (including phenoxy) is 1. The van der Waals surface area contributed by atoms with Gasteiger partial charge in [-0.25, -0.2) is 4.79 Å². The Balaban J connectivity index is 2.45. The highest BCUT2D eigenvalue weighted by Gasteiger charge is 2.05. The molecule has 0 aliphatic heterocycles. The topological polar surface area (TPSA) is 38.3 Å². The summed E-state index contributed by atoms with van der Waals surface area (Å²) in [6.45, 7) is 4.40. The van der Waals surface area contributed by atoms with Crippen LogP contribution >= 0.6 is 0 Å². The van der Waals surface area contributed by atoms with E-state index in [1.807, 2.05) is 12.1 Å². The summed E-state index contributed by atoms with van der Waals surface area (Å²) in [5.74, 6) is -0.294. The third-order valence-corrected chi connectivity index (χ3v) is 2.96. The second-order valence-corrected chi connectivity index (χ2v) is 4.61. The lowest BCUT2D eigenvalue weighted by atomic mass is 10.1. The van der Waals surface area contributed by atoms with Crippen molar-refractivity contribution in [3.63, 3.8) is 0 Å². The number of benzene rings is 1. The first-order valence-corrected chi connectivity index (χ1v) is 6.62. The maximum Gasteiger partial charge on any atom is 0.337 e. The van der Waals surface area contributed by atoms with E-state index < -0.39 is 0 Å². The van der Waals surface area contributed by atoms with Crippen LogP contribution in [-0.4, -0.2) is 19.1 Å². The largest absolute Gasteiger partial charge is 0.465 e. The molecule has 0 bridgehead atoms. The Kier molecular flexibility index (Phi) is 6.26. The highest BCUT2D eigenvalue weighted by atomic mass is 16.5. The molecule has 0 aromatic heterocycles. The number of carbonyl (C=O) groups excluding carboxylic acids is 1. The third kappa shape index (κ3) is 4.78. The quantitative estimate of drug-likeness (QED) is 0.589. The summed E-state index contributed by atoms with van der Waals surface area (Å²) >= 11 is 0. The number of hydrogen-bond donors (Lipinski definition) is 1. The van der Waals surface area contributed by atoms with Crippen LogP contribution in [0, 0.1) is 0 Å². The first-order valence-electron chi connectivity index (χ1n) is 6.62. The second kappa shape index (κ2) is 7.75. The number of esters is 1. The minimum Gasteiger partial charge on any atom is -0.465 e. The lowest BCUT2D eigenvalue weighted by Crippen LogP contribution is -2.14. The predicted octanol–water partition coefficient (Wildman–Crippen LogP) is 3.85. The minimum atomic E-state index is -0.294. The van der Waals surface area contributed by atoms with Crippen LogP contribution in [0.1, 0.15) is 49.9 Å². The lowest BCUT2D eigenvalue weighted by molar-refractivity contribution is 0.0601. The Bertz CT molecular complexity index is 359. The molecule has 0 radical (unpaired) electrons. The van der Waals surface area contributed by atoms with E-state index in [2.05, 4.69) is 23.9 Å². The van der Waals surface area contributed by atoms with Crippen molar-refractivity contribution in [2.45, 2.75) is 45.6 Å². The van der Waals surface area contributed by atoms with Gasteiger partial charge in [0.1, 0.15) is 0 Å². The summed E-state index contributed by atoms with van der Waals surface area (Å²) in [5, 5.41) is 3.43. The number of hydrogen-bond acceptors (Lipinski definition) is 3. The van der Waals surface area contributed by atoms with E-state index >= 15 is 0 Å². The van der Waals surface area contributed by atoms with Crippen LogP contribution in [0.15, 0.2) is 24.3 Å². The zero-order valence-corrected chi connectivity index (χ0v) is 11.5. The summed E-state index contributed by atoms with van der Waals surface area (Å²) in [5.41, 5.74) is 1.63. The molecule has 3 heteroatoms. The van der Waals surface area contributed by atoms with Crippen molar-refractivity contribution in [1.82, 2.24) is 0 Å². The minimum absolute atomic E-state index is 0.294. The van der Waals surface area contributed by atoms with E-state index in [1.165, 1.54) is 32.8 Å². The average molecular weight is 249 g/mol. The van der Waals surface area contributed by atoms with Gasteiger partial charge < -0.3 is 10.1 Å². The summed E-state index contributed by atoms with van der Waals surface area (Å²) in [6, 6.07) is 7.87. The normalized spacial score (nSPS) is 11.9. The van der Waals surface area contributed by atoms with Crippen molar-refractivity contribution in [1.29, 1.82) is 0 Å². The SMILES string of the molecule is CCCCCC(C)Nc1ccc(C(=O)OC)cc1. The molecule has 1 unspecified atom stereocenters. The second-order valence-electron chi connectivity index (χ2n) is 4.61. The third-order valence-electron chi connectivity index (χ3n) is 2.96. The van der Waals surface area contributed by atoms with Gasteiger partial charge in [-0.15, -0.1) is 0 Å². The van der Waals surface area contributed by atoms with Gasteiger partial charge in [0, 0.05) is 11.7 Å². The van der Waals surface area contributed by atoms with Gasteiger partial charge in [-0.05, 0) is 37.6 Å². The van der Waals surface area contributed by atoms with Gasteiger partial charge >= 0.3 is 5.97 Å². The maximum atomic E-state index is 11.3. The molecule has 1 aromatic carbocycles. The molecular weight excluding hydrogens is 226 g/mol. The van der Waals surface area contributed by atoms with Gasteiger partial charge in [0.25, 0.3) is 0 Å². The van der Waals surface area contributed by atoms with Gasteiger partial charge in [0.15, 0.2) is 0 Å². The molecule has 0 heterocycles. The van der Waals surface area contributed by atoms with Crippen molar-refractivity contribution in [3.05, 3.63) is 29.8 Å². The van der Waals surface area contributed by atoms with Crippen LogP contribution in [0.5, 0.6) is 0 Å². The predicted molar refractivity (Wildman–Crippen MR) is 75.0 cm³/mol. The van der Waals surface area contributed by atoms with Crippen LogP contribution in [0.3, 0.4) is 0 Å². The van der Waals surface area contributed by atoms with Crippen LogP contribution < -0.4 is 5.32 Å². The van der Waals surface area contributed by atoms with E-state index in [0.717, 1.165) is 5.69 Å². The molecule has 18 heavy (non-hydrogen) atoms. The first-order chi connectivity index (χ1) is 8.67. The smallest absolute Gasteiger partial charge is 0.337 e. The van der Waals surface area contributed by atoms with Gasteiger partial charge in [-0.1, -0.05) is 26.2 Å². The van der Waals surface area contributed by atoms with E-state index in [4.69, 9.17) is 0 Å². The van der Waals surface area contributed by atoms with Crippen molar-refractivity contribution < 1.29 is 9.53 Å². The fraction of sp³-hybridized carbons (Fsp3) is 0.533. The lowest BCUT2D eigenvalue weighted by Gasteiger charge is -2.15. The number of methoxy groups -OCH3 is 1. The van der Waals surface area contributed by atoms with Crippen LogP contribution in [-0.2, 0) is 4.74 Å². The molecule has 3 nitrogen and oxygen atoms in total. The number of rotatable bonds is 7. The molecule has 0 saturated carbocycles. The Morgan fingerprint density at radius 1 is 1.28 bits per heavy atom. The Labute approximate surface area is 110 Å². The van der Waals surface area contributed by atoms with E-state index in [0.29, 0.717) is 11.6 Å². The summed E-state index contributed by atoms with van der Waals surface area (Å²) < 4.78 is 4.66. The molecule has 1 N–H and O–H groups in total. The summed E-state index contributed by atoms with van der Waals surface area (Å²) in [4.78, 5) is 11.3. The summed E-state index contributed by atoms with van der Waals surface area (Å²) in [6.07, 6.45) is 4.96.